The third kappa shape index (κ3) is 4.02. The van der Waals surface area contributed by atoms with Gasteiger partial charge in [0.25, 0.3) is 0 Å². The molecular weight excluding hydrogens is 262 g/mol. The third-order valence-electron chi connectivity index (χ3n) is 4.49. The van der Waals surface area contributed by atoms with Crippen LogP contribution in [0.3, 0.4) is 0 Å². The summed E-state index contributed by atoms with van der Waals surface area (Å²) in [7, 11) is 5.79. The van der Waals surface area contributed by atoms with E-state index in [4.69, 9.17) is 4.74 Å². The zero-order chi connectivity index (χ0) is 15.5. The molecule has 0 saturated heterocycles. The first-order valence-electron chi connectivity index (χ1n) is 7.90. The summed E-state index contributed by atoms with van der Waals surface area (Å²) in [6.45, 7) is 4.76. The molecule has 0 aliphatic heterocycles. The van der Waals surface area contributed by atoms with Gasteiger partial charge >= 0.3 is 0 Å². The number of anilines is 2. The predicted octanol–water partition coefficient (Wildman–Crippen LogP) is 3.93. The number of methoxy groups -OCH3 is 1. The SMILES string of the molecule is COc1nccc(N(C)C)c1NC1CCCC(C)(C)CC1. The Labute approximate surface area is 128 Å². The molecule has 0 spiro atoms. The number of pyridine rings is 1. The fourth-order valence-electron chi connectivity index (χ4n) is 3.11. The summed E-state index contributed by atoms with van der Waals surface area (Å²) in [5, 5.41) is 3.70. The van der Waals surface area contributed by atoms with Gasteiger partial charge in [-0.3, -0.25) is 0 Å². The maximum atomic E-state index is 5.45. The van der Waals surface area contributed by atoms with E-state index in [-0.39, 0.29) is 0 Å². The fraction of sp³-hybridized carbons (Fsp3) is 0.706. The molecule has 0 aromatic carbocycles. The predicted molar refractivity (Wildman–Crippen MR) is 89.4 cm³/mol. The lowest BCUT2D eigenvalue weighted by atomic mass is 9.85. The van der Waals surface area contributed by atoms with Crippen molar-refractivity contribution in [3.63, 3.8) is 0 Å². The number of aromatic nitrogens is 1. The summed E-state index contributed by atoms with van der Waals surface area (Å²) >= 11 is 0. The van der Waals surface area contributed by atoms with Gasteiger partial charge in [-0.25, -0.2) is 4.98 Å². The minimum Gasteiger partial charge on any atom is -0.479 e. The second-order valence-electron chi connectivity index (χ2n) is 7.05. The van der Waals surface area contributed by atoms with Crippen molar-refractivity contribution in [2.75, 3.05) is 31.4 Å². The number of hydrogen-bond acceptors (Lipinski definition) is 4. The first-order chi connectivity index (χ1) is 9.93. The van der Waals surface area contributed by atoms with Gasteiger partial charge in [0.1, 0.15) is 5.69 Å². The van der Waals surface area contributed by atoms with Crippen molar-refractivity contribution >= 4 is 11.4 Å². The Morgan fingerprint density at radius 1 is 1.29 bits per heavy atom. The maximum Gasteiger partial charge on any atom is 0.239 e. The van der Waals surface area contributed by atoms with Crippen LogP contribution in [0.5, 0.6) is 5.88 Å². The molecule has 1 aromatic heterocycles. The average molecular weight is 291 g/mol. The zero-order valence-electron chi connectivity index (χ0n) is 14.1. The van der Waals surface area contributed by atoms with Crippen molar-refractivity contribution in [1.82, 2.24) is 4.98 Å². The van der Waals surface area contributed by atoms with Gasteiger partial charge in [-0.1, -0.05) is 20.3 Å². The number of nitrogens with one attached hydrogen (secondary N) is 1. The van der Waals surface area contributed by atoms with Crippen LogP contribution in [-0.4, -0.2) is 32.2 Å². The zero-order valence-corrected chi connectivity index (χ0v) is 14.1. The highest BCUT2D eigenvalue weighted by Crippen LogP contribution is 2.37. The molecule has 1 aliphatic carbocycles. The molecule has 21 heavy (non-hydrogen) atoms. The van der Waals surface area contributed by atoms with E-state index in [2.05, 4.69) is 43.1 Å². The highest BCUT2D eigenvalue weighted by Gasteiger charge is 2.25. The van der Waals surface area contributed by atoms with Crippen LogP contribution < -0.4 is 15.0 Å². The van der Waals surface area contributed by atoms with E-state index in [9.17, 15) is 0 Å². The fourth-order valence-corrected chi connectivity index (χ4v) is 3.11. The van der Waals surface area contributed by atoms with Gasteiger partial charge in [0.05, 0.1) is 12.8 Å². The van der Waals surface area contributed by atoms with E-state index >= 15 is 0 Å². The Bertz CT molecular complexity index is 471. The number of hydrogen-bond donors (Lipinski definition) is 1. The van der Waals surface area contributed by atoms with Crippen molar-refractivity contribution in [3.05, 3.63) is 12.3 Å². The van der Waals surface area contributed by atoms with Crippen LogP contribution in [0, 0.1) is 5.41 Å². The molecule has 1 N–H and O–H groups in total. The van der Waals surface area contributed by atoms with Crippen molar-refractivity contribution in [3.8, 4) is 5.88 Å². The van der Waals surface area contributed by atoms with Gasteiger partial charge in [-0.05, 0) is 37.2 Å². The maximum absolute atomic E-state index is 5.45. The Morgan fingerprint density at radius 2 is 2.05 bits per heavy atom. The molecule has 4 nitrogen and oxygen atoms in total. The van der Waals surface area contributed by atoms with E-state index in [1.54, 1.807) is 13.3 Å². The normalized spacial score (nSPS) is 21.5. The summed E-state index contributed by atoms with van der Waals surface area (Å²) in [5.74, 6) is 0.685. The molecule has 4 heteroatoms. The van der Waals surface area contributed by atoms with Crippen molar-refractivity contribution < 1.29 is 4.74 Å². The minimum atomic E-state index is 0.472. The van der Waals surface area contributed by atoms with Crippen LogP contribution in [0.25, 0.3) is 0 Å². The number of nitrogens with zero attached hydrogens (tertiary/aromatic N) is 2. The standard InChI is InChI=1S/C17H29N3O/c1-17(2)10-6-7-13(8-11-17)19-15-14(20(3)4)9-12-18-16(15)21-5/h9,12-13,19H,6-8,10-11H2,1-5H3. The molecule has 0 bridgehead atoms. The average Bonchev–Trinajstić information content (AvgIpc) is 2.60. The van der Waals surface area contributed by atoms with Crippen LogP contribution in [-0.2, 0) is 0 Å². The third-order valence-corrected chi connectivity index (χ3v) is 4.49. The van der Waals surface area contributed by atoms with Gasteiger partial charge in [0.2, 0.25) is 5.88 Å². The van der Waals surface area contributed by atoms with Crippen LogP contribution in [0.15, 0.2) is 12.3 Å². The van der Waals surface area contributed by atoms with E-state index in [1.165, 1.54) is 32.1 Å². The molecule has 1 atom stereocenters. The second kappa shape index (κ2) is 6.54. The minimum absolute atomic E-state index is 0.472. The van der Waals surface area contributed by atoms with Gasteiger partial charge in [0, 0.05) is 26.3 Å². The molecule has 1 heterocycles. The molecule has 1 unspecified atom stereocenters. The molecule has 1 saturated carbocycles. The molecule has 2 rings (SSSR count). The van der Waals surface area contributed by atoms with Crippen LogP contribution in [0.4, 0.5) is 11.4 Å². The summed E-state index contributed by atoms with van der Waals surface area (Å²) in [6, 6.07) is 2.54. The summed E-state index contributed by atoms with van der Waals surface area (Å²) in [5.41, 5.74) is 2.62. The Morgan fingerprint density at radius 3 is 2.71 bits per heavy atom. The number of rotatable bonds is 4. The summed E-state index contributed by atoms with van der Waals surface area (Å²) < 4.78 is 5.45. The van der Waals surface area contributed by atoms with E-state index < -0.39 is 0 Å². The Kier molecular flexibility index (Phi) is 4.96. The van der Waals surface area contributed by atoms with Crippen molar-refractivity contribution in [2.24, 2.45) is 5.41 Å². The molecule has 1 aliphatic rings. The molecule has 118 valence electrons. The molecule has 0 amide bonds. The van der Waals surface area contributed by atoms with Crippen LogP contribution in [0.1, 0.15) is 46.0 Å². The molecule has 1 aromatic rings. The Balaban J connectivity index is 2.18. The van der Waals surface area contributed by atoms with Gasteiger partial charge in [-0.15, -0.1) is 0 Å². The highest BCUT2D eigenvalue weighted by atomic mass is 16.5. The van der Waals surface area contributed by atoms with E-state index in [1.807, 2.05) is 6.07 Å². The van der Waals surface area contributed by atoms with Crippen LogP contribution >= 0.6 is 0 Å². The second-order valence-corrected chi connectivity index (χ2v) is 7.05. The van der Waals surface area contributed by atoms with Crippen molar-refractivity contribution in [2.45, 2.75) is 52.0 Å². The highest BCUT2D eigenvalue weighted by molar-refractivity contribution is 5.74. The smallest absolute Gasteiger partial charge is 0.239 e. The summed E-state index contributed by atoms with van der Waals surface area (Å²) in [4.78, 5) is 6.45. The quantitative estimate of drug-likeness (QED) is 0.853. The molecule has 0 radical (unpaired) electrons. The monoisotopic (exact) mass is 291 g/mol. The topological polar surface area (TPSA) is 37.4 Å². The van der Waals surface area contributed by atoms with Crippen molar-refractivity contribution in [1.29, 1.82) is 0 Å². The molecule has 1 fully saturated rings. The Hall–Kier alpha value is -1.45. The lowest BCUT2D eigenvalue weighted by molar-refractivity contribution is 0.313. The van der Waals surface area contributed by atoms with Gasteiger partial charge in [-0.2, -0.15) is 0 Å². The lowest BCUT2D eigenvalue weighted by Gasteiger charge is -2.25. The van der Waals surface area contributed by atoms with Gasteiger partial charge in [0.15, 0.2) is 0 Å². The largest absolute Gasteiger partial charge is 0.479 e. The first-order valence-corrected chi connectivity index (χ1v) is 7.90. The number of ether oxygens (including phenoxy) is 1. The van der Waals surface area contributed by atoms with E-state index in [0.29, 0.717) is 17.3 Å². The van der Waals surface area contributed by atoms with E-state index in [0.717, 1.165) is 11.4 Å². The summed E-state index contributed by atoms with van der Waals surface area (Å²) in [6.07, 6.45) is 8.09. The molecular formula is C17H29N3O. The first kappa shape index (κ1) is 15.9. The van der Waals surface area contributed by atoms with Crippen LogP contribution in [0.2, 0.25) is 0 Å². The van der Waals surface area contributed by atoms with Gasteiger partial charge < -0.3 is 15.0 Å². The lowest BCUT2D eigenvalue weighted by Crippen LogP contribution is -2.22.